The molecule has 0 spiro atoms. The zero-order chi connectivity index (χ0) is 20.4. The number of thiazole rings is 1. The second-order valence-corrected chi connectivity index (χ2v) is 8.67. The highest BCUT2D eigenvalue weighted by atomic mass is 32.1. The molecule has 0 unspecified atom stereocenters. The Kier molecular flexibility index (Phi) is 5.59. The van der Waals surface area contributed by atoms with Gasteiger partial charge in [0.25, 0.3) is 11.8 Å². The summed E-state index contributed by atoms with van der Waals surface area (Å²) in [5.41, 5.74) is 2.02. The van der Waals surface area contributed by atoms with Crippen LogP contribution in [-0.2, 0) is 17.6 Å². The van der Waals surface area contributed by atoms with Crippen molar-refractivity contribution in [2.45, 2.75) is 32.6 Å². The zero-order valence-electron chi connectivity index (χ0n) is 15.7. The number of amides is 3. The first-order chi connectivity index (χ1) is 14.1. The number of imide groups is 1. The van der Waals surface area contributed by atoms with Crippen molar-refractivity contribution in [3.63, 3.8) is 0 Å². The Balaban J connectivity index is 1.63. The van der Waals surface area contributed by atoms with E-state index in [0.717, 1.165) is 46.3 Å². The molecular weight excluding hydrogens is 410 g/mol. The summed E-state index contributed by atoms with van der Waals surface area (Å²) in [6.07, 6.45) is 2.81. The first-order valence-corrected chi connectivity index (χ1v) is 11.0. The topological polar surface area (TPSA) is 97.4 Å². The normalized spacial score (nSPS) is 13.0. The maximum Gasteiger partial charge on any atom is 0.414 e. The van der Waals surface area contributed by atoms with E-state index in [1.54, 1.807) is 6.92 Å². The monoisotopic (exact) mass is 429 g/mol. The van der Waals surface area contributed by atoms with Crippen LogP contribution in [0.4, 0.5) is 9.80 Å². The lowest BCUT2D eigenvalue weighted by molar-refractivity contribution is 0.0925. The highest BCUT2D eigenvalue weighted by Gasteiger charge is 2.28. The van der Waals surface area contributed by atoms with Crippen molar-refractivity contribution in [3.05, 3.63) is 45.3 Å². The Labute approximate surface area is 175 Å². The maximum atomic E-state index is 12.8. The second kappa shape index (κ2) is 8.30. The first kappa shape index (κ1) is 19.5. The number of carbonyl (C=O) groups is 3. The van der Waals surface area contributed by atoms with Gasteiger partial charge in [-0.3, -0.25) is 14.9 Å². The highest BCUT2D eigenvalue weighted by molar-refractivity contribution is 7.20. The van der Waals surface area contributed by atoms with Crippen molar-refractivity contribution < 1.29 is 19.1 Å². The number of thiophene rings is 1. The number of carbonyl (C=O) groups excluding carboxylic acids is 3. The van der Waals surface area contributed by atoms with Crippen molar-refractivity contribution in [2.24, 2.45) is 0 Å². The van der Waals surface area contributed by atoms with Crippen molar-refractivity contribution in [1.29, 1.82) is 0 Å². The molecule has 2 aromatic heterocycles. The Morgan fingerprint density at radius 2 is 1.90 bits per heavy atom. The number of anilines is 1. The number of hydrogen-bond donors (Lipinski definition) is 2. The van der Waals surface area contributed by atoms with Crippen molar-refractivity contribution in [3.8, 4) is 0 Å². The van der Waals surface area contributed by atoms with Gasteiger partial charge in [-0.25, -0.2) is 9.78 Å². The zero-order valence-corrected chi connectivity index (χ0v) is 17.4. The minimum absolute atomic E-state index is 0.169. The number of hydrogen-bond acceptors (Lipinski definition) is 7. The van der Waals surface area contributed by atoms with Gasteiger partial charge in [0, 0.05) is 4.88 Å². The van der Waals surface area contributed by atoms with Gasteiger partial charge in [-0.15, -0.1) is 22.7 Å². The minimum atomic E-state index is -0.795. The Morgan fingerprint density at radius 3 is 2.69 bits per heavy atom. The van der Waals surface area contributed by atoms with Crippen LogP contribution in [0.1, 0.15) is 50.4 Å². The lowest BCUT2D eigenvalue weighted by atomic mass is 9.95. The van der Waals surface area contributed by atoms with Crippen LogP contribution in [0.5, 0.6) is 0 Å². The molecule has 3 aromatic rings. The molecule has 0 atom stereocenters. The smallest absolute Gasteiger partial charge is 0.414 e. The number of fused-ring (bicyclic) bond motifs is 2. The summed E-state index contributed by atoms with van der Waals surface area (Å²) in [5, 5.41) is 5.87. The van der Waals surface area contributed by atoms with E-state index in [1.165, 1.54) is 22.7 Å². The maximum absolute atomic E-state index is 12.8. The number of alkyl carbamates (subject to hydrolysis) is 1. The molecule has 0 saturated carbocycles. The van der Waals surface area contributed by atoms with E-state index in [2.05, 4.69) is 15.6 Å². The molecule has 1 aromatic carbocycles. The molecule has 1 aliphatic carbocycles. The van der Waals surface area contributed by atoms with Gasteiger partial charge in [-0.05, 0) is 50.3 Å². The molecule has 7 nitrogen and oxygen atoms in total. The standard InChI is InChI=1S/C20H19N3O4S2/c1-2-27-20(26)23-16(24)15-11-7-3-5-9-13(11)28-18(15)22-17(25)19-21-12-8-4-6-10-14(12)29-19/h4,6,8,10H,2-3,5,7,9H2,1H3,(H,22,25)(H,23,24,26). The quantitative estimate of drug-likeness (QED) is 0.642. The van der Waals surface area contributed by atoms with Gasteiger partial charge in [0.05, 0.1) is 22.4 Å². The van der Waals surface area contributed by atoms with Crippen LogP contribution in [0.3, 0.4) is 0 Å². The average molecular weight is 430 g/mol. The molecule has 9 heteroatoms. The molecule has 29 heavy (non-hydrogen) atoms. The summed E-state index contributed by atoms with van der Waals surface area (Å²) in [6.45, 7) is 1.84. The Morgan fingerprint density at radius 1 is 1.10 bits per heavy atom. The van der Waals surface area contributed by atoms with Crippen LogP contribution in [0.25, 0.3) is 10.2 Å². The van der Waals surface area contributed by atoms with E-state index in [1.807, 2.05) is 24.3 Å². The molecule has 0 radical (unpaired) electrons. The number of aromatic nitrogens is 1. The van der Waals surface area contributed by atoms with Gasteiger partial charge in [0.2, 0.25) is 0 Å². The first-order valence-electron chi connectivity index (χ1n) is 9.36. The minimum Gasteiger partial charge on any atom is -0.450 e. The third-order valence-electron chi connectivity index (χ3n) is 4.60. The van der Waals surface area contributed by atoms with Gasteiger partial charge >= 0.3 is 6.09 Å². The number of nitrogens with zero attached hydrogens (tertiary/aromatic N) is 1. The fourth-order valence-electron chi connectivity index (χ4n) is 3.34. The van der Waals surface area contributed by atoms with E-state index in [4.69, 9.17) is 4.74 Å². The number of rotatable bonds is 4. The van der Waals surface area contributed by atoms with E-state index >= 15 is 0 Å². The van der Waals surface area contributed by atoms with Crippen LogP contribution in [0.15, 0.2) is 24.3 Å². The number of nitrogens with one attached hydrogen (secondary N) is 2. The van der Waals surface area contributed by atoms with Crippen molar-refractivity contribution in [2.75, 3.05) is 11.9 Å². The van der Waals surface area contributed by atoms with Crippen LogP contribution in [-0.4, -0.2) is 29.5 Å². The van der Waals surface area contributed by atoms with E-state index in [9.17, 15) is 14.4 Å². The van der Waals surface area contributed by atoms with Crippen molar-refractivity contribution >= 4 is 55.8 Å². The third kappa shape index (κ3) is 4.01. The average Bonchev–Trinajstić information content (AvgIpc) is 3.29. The molecular formula is C20H19N3O4S2. The molecule has 3 amide bonds. The van der Waals surface area contributed by atoms with Crippen LogP contribution >= 0.6 is 22.7 Å². The summed E-state index contributed by atoms with van der Waals surface area (Å²) in [5.74, 6) is -0.919. The highest BCUT2D eigenvalue weighted by Crippen LogP contribution is 2.38. The summed E-state index contributed by atoms with van der Waals surface area (Å²) in [4.78, 5) is 42.8. The fourth-order valence-corrected chi connectivity index (χ4v) is 5.49. The van der Waals surface area contributed by atoms with Crippen LogP contribution < -0.4 is 10.6 Å². The van der Waals surface area contributed by atoms with E-state index in [0.29, 0.717) is 15.6 Å². The Hall–Kier alpha value is -2.78. The molecule has 0 aliphatic heterocycles. The summed E-state index contributed by atoms with van der Waals surface area (Å²) in [6, 6.07) is 7.53. The van der Waals surface area contributed by atoms with Gasteiger partial charge in [0.15, 0.2) is 5.01 Å². The number of aryl methyl sites for hydroxylation is 1. The van der Waals surface area contributed by atoms with E-state index in [-0.39, 0.29) is 12.5 Å². The predicted molar refractivity (Wildman–Crippen MR) is 113 cm³/mol. The van der Waals surface area contributed by atoms with E-state index < -0.39 is 12.0 Å². The largest absolute Gasteiger partial charge is 0.450 e. The predicted octanol–water partition coefficient (Wildman–Crippen LogP) is 4.38. The van der Waals surface area contributed by atoms with Gasteiger partial charge in [-0.2, -0.15) is 0 Å². The molecule has 0 bridgehead atoms. The number of ether oxygens (including phenoxy) is 1. The van der Waals surface area contributed by atoms with Gasteiger partial charge < -0.3 is 10.1 Å². The van der Waals surface area contributed by atoms with Gasteiger partial charge in [-0.1, -0.05) is 12.1 Å². The molecule has 0 fully saturated rings. The van der Waals surface area contributed by atoms with Crippen LogP contribution in [0, 0.1) is 0 Å². The fraction of sp³-hybridized carbons (Fsp3) is 0.300. The van der Waals surface area contributed by atoms with Gasteiger partial charge in [0.1, 0.15) is 5.00 Å². The molecule has 0 saturated heterocycles. The molecule has 1 aliphatic rings. The molecule has 4 rings (SSSR count). The molecule has 2 N–H and O–H groups in total. The SMILES string of the molecule is CCOC(=O)NC(=O)c1c(NC(=O)c2nc3ccccc3s2)sc2c1CCCC2. The van der Waals surface area contributed by atoms with Crippen molar-refractivity contribution in [1.82, 2.24) is 10.3 Å². The Bertz CT molecular complexity index is 1070. The molecule has 150 valence electrons. The number of para-hydroxylation sites is 1. The van der Waals surface area contributed by atoms with Crippen LogP contribution in [0.2, 0.25) is 0 Å². The third-order valence-corrected chi connectivity index (χ3v) is 6.85. The molecule has 2 heterocycles. The second-order valence-electron chi connectivity index (χ2n) is 6.53. The summed E-state index contributed by atoms with van der Waals surface area (Å²) < 4.78 is 5.74. The summed E-state index contributed by atoms with van der Waals surface area (Å²) in [7, 11) is 0. The lowest BCUT2D eigenvalue weighted by Crippen LogP contribution is -2.32. The lowest BCUT2D eigenvalue weighted by Gasteiger charge is -2.12. The number of benzene rings is 1. The summed E-state index contributed by atoms with van der Waals surface area (Å²) >= 11 is 2.69.